The molecule has 0 amide bonds. The molecular formula is C29H44O6. The first-order chi connectivity index (χ1) is 16.6. The molecule has 0 spiro atoms. The lowest BCUT2D eigenvalue weighted by molar-refractivity contribution is -0.256. The van der Waals surface area contributed by atoms with Crippen molar-refractivity contribution in [2.75, 3.05) is 6.61 Å². The second-order valence-electron chi connectivity index (χ2n) is 13.2. The van der Waals surface area contributed by atoms with Gasteiger partial charge < -0.3 is 24.4 Å². The van der Waals surface area contributed by atoms with Crippen LogP contribution in [0, 0.1) is 34.5 Å². The van der Waals surface area contributed by atoms with E-state index in [1.54, 1.807) is 6.08 Å². The van der Waals surface area contributed by atoms with Gasteiger partial charge in [-0.2, -0.15) is 0 Å². The Hall–Kier alpha value is -0.950. The average molecular weight is 489 g/mol. The first-order valence-corrected chi connectivity index (χ1v) is 14.2. The monoisotopic (exact) mass is 488 g/mol. The number of esters is 1. The highest BCUT2D eigenvalue weighted by atomic mass is 16.7. The Labute approximate surface area is 209 Å². The molecule has 6 aliphatic rings. The van der Waals surface area contributed by atoms with Crippen molar-refractivity contribution in [1.29, 1.82) is 0 Å². The molecule has 196 valence electrons. The molecule has 1 unspecified atom stereocenters. The van der Waals surface area contributed by atoms with Gasteiger partial charge in [-0.25, -0.2) is 4.79 Å². The van der Waals surface area contributed by atoms with E-state index < -0.39 is 17.1 Å². The van der Waals surface area contributed by atoms with Crippen molar-refractivity contribution in [2.45, 2.75) is 122 Å². The second kappa shape index (κ2) is 8.54. The van der Waals surface area contributed by atoms with Crippen LogP contribution in [0.4, 0.5) is 0 Å². The minimum absolute atomic E-state index is 0.00227. The van der Waals surface area contributed by atoms with Crippen molar-refractivity contribution in [3.05, 3.63) is 11.6 Å². The molecule has 0 aromatic carbocycles. The molecule has 5 fully saturated rings. The Morgan fingerprint density at radius 3 is 2.60 bits per heavy atom. The summed E-state index contributed by atoms with van der Waals surface area (Å²) in [6.45, 7) is 6.96. The van der Waals surface area contributed by atoms with Crippen LogP contribution in [-0.2, 0) is 19.0 Å². The molecule has 0 aromatic heterocycles. The van der Waals surface area contributed by atoms with Crippen LogP contribution in [0.25, 0.3) is 0 Å². The first-order valence-electron chi connectivity index (χ1n) is 14.2. The van der Waals surface area contributed by atoms with E-state index in [4.69, 9.17) is 14.2 Å². The molecule has 2 N–H and O–H groups in total. The fourth-order valence-electron chi connectivity index (χ4n) is 9.76. The number of carbonyl (C=O) groups excluding carboxylic acids is 1. The largest absolute Gasteiger partial charge is 0.458 e. The van der Waals surface area contributed by atoms with E-state index >= 15 is 0 Å². The summed E-state index contributed by atoms with van der Waals surface area (Å²) in [5.41, 5.74) is -0.458. The lowest BCUT2D eigenvalue weighted by Crippen LogP contribution is -2.67. The Morgan fingerprint density at radius 2 is 1.86 bits per heavy atom. The van der Waals surface area contributed by atoms with Crippen LogP contribution in [0.3, 0.4) is 0 Å². The zero-order valence-corrected chi connectivity index (χ0v) is 21.7. The summed E-state index contributed by atoms with van der Waals surface area (Å²) in [5.74, 6) is 0.783. The molecular weight excluding hydrogens is 444 g/mol. The van der Waals surface area contributed by atoms with Gasteiger partial charge in [-0.3, -0.25) is 0 Å². The van der Waals surface area contributed by atoms with E-state index in [9.17, 15) is 15.0 Å². The van der Waals surface area contributed by atoms with Crippen LogP contribution < -0.4 is 0 Å². The summed E-state index contributed by atoms with van der Waals surface area (Å²) < 4.78 is 17.7. The highest BCUT2D eigenvalue weighted by Crippen LogP contribution is 2.70. The maximum atomic E-state index is 12.4. The average Bonchev–Trinajstić information content (AvgIpc) is 3.36. The normalized spacial score (nSPS) is 53.9. The van der Waals surface area contributed by atoms with Gasteiger partial charge >= 0.3 is 5.97 Å². The van der Waals surface area contributed by atoms with Crippen LogP contribution in [0.5, 0.6) is 0 Å². The second-order valence-corrected chi connectivity index (χ2v) is 13.2. The number of aliphatic hydroxyl groups excluding tert-OH is 1. The van der Waals surface area contributed by atoms with E-state index in [2.05, 4.69) is 20.8 Å². The summed E-state index contributed by atoms with van der Waals surface area (Å²) in [6, 6.07) is 0. The molecule has 2 heterocycles. The fourth-order valence-corrected chi connectivity index (χ4v) is 9.76. The maximum absolute atomic E-state index is 12.4. The molecule has 35 heavy (non-hydrogen) atoms. The number of rotatable bonds is 3. The number of fused-ring (bicyclic) bond motifs is 5. The molecule has 4 aliphatic carbocycles. The number of hydrogen-bond donors (Lipinski definition) is 2. The van der Waals surface area contributed by atoms with E-state index in [0.717, 1.165) is 63.4 Å². The third-order valence-electron chi connectivity index (χ3n) is 11.8. The predicted molar refractivity (Wildman–Crippen MR) is 130 cm³/mol. The summed E-state index contributed by atoms with van der Waals surface area (Å²) in [4.78, 5) is 11.8. The van der Waals surface area contributed by atoms with Crippen molar-refractivity contribution < 1.29 is 29.2 Å². The van der Waals surface area contributed by atoms with E-state index in [-0.39, 0.29) is 41.7 Å². The van der Waals surface area contributed by atoms with Crippen LogP contribution >= 0.6 is 0 Å². The number of aliphatic hydroxyl groups is 2. The van der Waals surface area contributed by atoms with E-state index in [1.165, 1.54) is 6.42 Å². The number of cyclic esters (lactones) is 1. The predicted octanol–water partition coefficient (Wildman–Crippen LogP) is 4.51. The molecule has 0 aromatic rings. The fraction of sp³-hybridized carbons (Fsp3) is 0.897. The minimum Gasteiger partial charge on any atom is -0.458 e. The Kier molecular flexibility index (Phi) is 5.95. The lowest BCUT2D eigenvalue weighted by atomic mass is 9.42. The molecule has 2 aliphatic heterocycles. The van der Waals surface area contributed by atoms with Crippen LogP contribution in [0.15, 0.2) is 11.6 Å². The molecule has 6 nitrogen and oxygen atoms in total. The van der Waals surface area contributed by atoms with Crippen molar-refractivity contribution in [3.8, 4) is 0 Å². The van der Waals surface area contributed by atoms with E-state index in [1.807, 2.05) is 0 Å². The third kappa shape index (κ3) is 3.60. The van der Waals surface area contributed by atoms with Crippen LogP contribution in [-0.4, -0.2) is 53.0 Å². The first kappa shape index (κ1) is 24.4. The highest BCUT2D eigenvalue weighted by Gasteiger charge is 2.70. The number of hydrogen-bond acceptors (Lipinski definition) is 6. The van der Waals surface area contributed by atoms with Crippen LogP contribution in [0.2, 0.25) is 0 Å². The molecule has 0 bridgehead atoms. The topological polar surface area (TPSA) is 85.2 Å². The third-order valence-corrected chi connectivity index (χ3v) is 11.8. The zero-order chi connectivity index (χ0) is 24.6. The van der Waals surface area contributed by atoms with Crippen molar-refractivity contribution in [3.63, 3.8) is 0 Å². The Bertz CT molecular complexity index is 886. The van der Waals surface area contributed by atoms with Crippen molar-refractivity contribution >= 4 is 5.97 Å². The van der Waals surface area contributed by atoms with Gasteiger partial charge in [0.05, 0.1) is 23.9 Å². The van der Waals surface area contributed by atoms with Gasteiger partial charge in [0.2, 0.25) is 0 Å². The molecule has 6 heteroatoms. The van der Waals surface area contributed by atoms with Gasteiger partial charge in [-0.15, -0.1) is 0 Å². The van der Waals surface area contributed by atoms with Crippen molar-refractivity contribution in [2.24, 2.45) is 34.5 Å². The minimum atomic E-state index is -0.903. The lowest BCUT2D eigenvalue weighted by Gasteiger charge is -2.65. The van der Waals surface area contributed by atoms with Gasteiger partial charge in [-0.05, 0) is 112 Å². The van der Waals surface area contributed by atoms with Gasteiger partial charge in [0.1, 0.15) is 6.61 Å². The highest BCUT2D eigenvalue weighted by molar-refractivity contribution is 5.85. The maximum Gasteiger partial charge on any atom is 0.331 e. The Morgan fingerprint density at radius 1 is 1.03 bits per heavy atom. The van der Waals surface area contributed by atoms with Gasteiger partial charge in [-0.1, -0.05) is 13.8 Å². The number of ether oxygens (including phenoxy) is 3. The van der Waals surface area contributed by atoms with Crippen LogP contribution in [0.1, 0.15) is 91.4 Å². The quantitative estimate of drug-likeness (QED) is 0.449. The van der Waals surface area contributed by atoms with E-state index in [0.29, 0.717) is 24.9 Å². The SMILES string of the molecule is C[C@H]1CCC[C@@H](O[C@@H]2CC[C@]3(C)[C@@H](CCC4[C@@H]3C[C@H](O)[C@@]3(C)[C@H](C5=CC(=O)OC5)CC[C@@]43O)C2)O1. The summed E-state index contributed by atoms with van der Waals surface area (Å²) in [5, 5.41) is 24.1. The standard InChI is InChI=1S/C29H44O6/c1-17-5-4-6-26(34-17)35-20-9-11-27(2)19(14-20)7-8-22-23(27)15-24(30)28(3)21(10-12-29(22,28)32)18-13-25(31)33-16-18/h13,17,19-24,26,30,32H,4-12,14-16H2,1-3H3/t17-,19-,20+,21-,22?,23-,24-,26+,27+,28+,29+/m0/s1. The van der Waals surface area contributed by atoms with Gasteiger partial charge in [0, 0.05) is 11.5 Å². The molecule has 11 atom stereocenters. The van der Waals surface area contributed by atoms with Crippen molar-refractivity contribution in [1.82, 2.24) is 0 Å². The molecule has 1 saturated heterocycles. The summed E-state index contributed by atoms with van der Waals surface area (Å²) in [7, 11) is 0. The van der Waals surface area contributed by atoms with Gasteiger partial charge in [0.15, 0.2) is 6.29 Å². The molecule has 6 rings (SSSR count). The number of carbonyl (C=O) groups is 1. The summed E-state index contributed by atoms with van der Waals surface area (Å²) >= 11 is 0. The smallest absolute Gasteiger partial charge is 0.331 e. The summed E-state index contributed by atoms with van der Waals surface area (Å²) in [6.07, 6.45) is 12.4. The van der Waals surface area contributed by atoms with Gasteiger partial charge in [0.25, 0.3) is 0 Å². The Balaban J connectivity index is 1.21. The molecule has 4 saturated carbocycles. The molecule has 0 radical (unpaired) electrons. The zero-order valence-electron chi connectivity index (χ0n) is 21.7.